The second kappa shape index (κ2) is 8.39. The number of alkyl halides is 6. The van der Waals surface area contributed by atoms with E-state index in [0.717, 1.165) is 0 Å². The van der Waals surface area contributed by atoms with E-state index in [-0.39, 0.29) is 18.4 Å². The van der Waals surface area contributed by atoms with Crippen LogP contribution in [0.5, 0.6) is 0 Å². The van der Waals surface area contributed by atoms with E-state index in [9.17, 15) is 41.0 Å². The molecule has 2 bridgehead atoms. The fourth-order valence-electron chi connectivity index (χ4n) is 6.11. The number of hydrogen-bond donors (Lipinski definition) is 1. The first-order valence-electron chi connectivity index (χ1n) is 11.1. The lowest BCUT2D eigenvalue weighted by atomic mass is 9.67. The average molecular weight is 502 g/mol. The van der Waals surface area contributed by atoms with Gasteiger partial charge in [0.05, 0.1) is 11.5 Å². The van der Waals surface area contributed by atoms with E-state index in [1.54, 1.807) is 0 Å². The topological polar surface area (TPSA) is 82.1 Å². The van der Waals surface area contributed by atoms with Crippen molar-refractivity contribution in [3.05, 3.63) is 12.2 Å². The number of fused-ring (bicyclic) bond motifs is 1. The number of halogens is 6. The molecular weight excluding hydrogens is 474 g/mol. The predicted molar refractivity (Wildman–Crippen MR) is 104 cm³/mol. The summed E-state index contributed by atoms with van der Waals surface area (Å²) < 4.78 is 97.2. The van der Waals surface area contributed by atoms with Crippen LogP contribution in [0.1, 0.15) is 47.0 Å². The van der Waals surface area contributed by atoms with Gasteiger partial charge >= 0.3 is 24.3 Å². The van der Waals surface area contributed by atoms with E-state index in [2.05, 4.69) is 6.58 Å². The van der Waals surface area contributed by atoms with Crippen molar-refractivity contribution in [2.24, 2.45) is 23.7 Å². The summed E-state index contributed by atoms with van der Waals surface area (Å²) in [4.78, 5) is 24.9. The van der Waals surface area contributed by atoms with Crippen LogP contribution in [0.4, 0.5) is 26.3 Å². The molecule has 0 aromatic rings. The first-order valence-corrected chi connectivity index (χ1v) is 11.1. The third kappa shape index (κ3) is 3.71. The van der Waals surface area contributed by atoms with Gasteiger partial charge in [-0.15, -0.1) is 0 Å². The lowest BCUT2D eigenvalue weighted by molar-refractivity contribution is -0.401. The molecule has 2 aliphatic carbocycles. The zero-order valence-electron chi connectivity index (χ0n) is 19.1. The van der Waals surface area contributed by atoms with Gasteiger partial charge in [0.15, 0.2) is 0 Å². The summed E-state index contributed by atoms with van der Waals surface area (Å²) in [6.45, 7) is 8.48. The number of aliphatic hydroxyl groups is 1. The molecular formula is C22H28F6O6. The molecule has 3 aliphatic rings. The van der Waals surface area contributed by atoms with Crippen LogP contribution in [0, 0.1) is 23.7 Å². The average Bonchev–Trinajstić information content (AvgIpc) is 3.33. The van der Waals surface area contributed by atoms with Crippen molar-refractivity contribution >= 4 is 11.9 Å². The Morgan fingerprint density at radius 3 is 2.12 bits per heavy atom. The number of hydrogen-bond acceptors (Lipinski definition) is 6. The summed E-state index contributed by atoms with van der Waals surface area (Å²) in [5.74, 6) is -4.10. The van der Waals surface area contributed by atoms with Crippen molar-refractivity contribution < 1.29 is 55.2 Å². The van der Waals surface area contributed by atoms with Crippen LogP contribution < -0.4 is 0 Å². The van der Waals surface area contributed by atoms with Crippen LogP contribution in [0.25, 0.3) is 0 Å². The summed E-state index contributed by atoms with van der Waals surface area (Å²) in [5.41, 5.74) is -6.70. The molecule has 194 valence electrons. The summed E-state index contributed by atoms with van der Waals surface area (Å²) in [7, 11) is 0. The molecule has 12 heteroatoms. The second-order valence-electron chi connectivity index (χ2n) is 9.46. The van der Waals surface area contributed by atoms with Crippen molar-refractivity contribution in [1.29, 1.82) is 0 Å². The van der Waals surface area contributed by atoms with Gasteiger partial charge in [-0.25, -0.2) is 4.79 Å². The minimum absolute atomic E-state index is 0.0525. The molecule has 0 aromatic carbocycles. The zero-order chi connectivity index (χ0) is 26.0. The van der Waals surface area contributed by atoms with E-state index in [0.29, 0.717) is 13.3 Å². The number of rotatable bonds is 8. The highest BCUT2D eigenvalue weighted by Crippen LogP contribution is 2.63. The SMILES string of the molecule is C=C(C)C(=O)OC1C2CC3C1OC(=O)C3C2C(CC)(CC)OC(C)C(O)(C(F)(F)F)C(F)(F)F. The van der Waals surface area contributed by atoms with Crippen molar-refractivity contribution in [1.82, 2.24) is 0 Å². The van der Waals surface area contributed by atoms with Gasteiger partial charge in [0.1, 0.15) is 18.3 Å². The fraction of sp³-hybridized carbons (Fsp3) is 0.818. The van der Waals surface area contributed by atoms with Crippen LogP contribution in [-0.4, -0.2) is 58.9 Å². The highest BCUT2D eigenvalue weighted by atomic mass is 19.4. The molecule has 34 heavy (non-hydrogen) atoms. The maximum absolute atomic E-state index is 13.5. The molecule has 0 radical (unpaired) electrons. The lowest BCUT2D eigenvalue weighted by Gasteiger charge is -2.48. The van der Waals surface area contributed by atoms with Crippen molar-refractivity contribution in [3.63, 3.8) is 0 Å². The largest absolute Gasteiger partial charge is 0.458 e. The monoisotopic (exact) mass is 502 g/mol. The van der Waals surface area contributed by atoms with Gasteiger partial charge in [-0.1, -0.05) is 20.4 Å². The van der Waals surface area contributed by atoms with E-state index in [4.69, 9.17) is 14.2 Å². The standard InChI is InChI=1S/C22H28F6O6/c1-6-19(7-2,34-10(5)20(31,21(23,24)25)22(26,27)28)14-12-8-11-13(14)18(30)33-15(11)16(12)32-17(29)9(3)4/h10-16,31H,3,6-8H2,1-2,4-5H3. The van der Waals surface area contributed by atoms with Crippen LogP contribution in [0.15, 0.2) is 12.2 Å². The highest BCUT2D eigenvalue weighted by Gasteiger charge is 2.76. The molecule has 1 heterocycles. The van der Waals surface area contributed by atoms with E-state index >= 15 is 0 Å². The lowest BCUT2D eigenvalue weighted by Crippen LogP contribution is -2.66. The van der Waals surface area contributed by atoms with Crippen molar-refractivity contribution in [3.8, 4) is 0 Å². The molecule has 3 fully saturated rings. The van der Waals surface area contributed by atoms with Crippen molar-refractivity contribution in [2.75, 3.05) is 0 Å². The Morgan fingerprint density at radius 1 is 1.15 bits per heavy atom. The first-order chi connectivity index (χ1) is 15.5. The predicted octanol–water partition coefficient (Wildman–Crippen LogP) is 4.10. The molecule has 0 amide bonds. The highest BCUT2D eigenvalue weighted by molar-refractivity contribution is 5.87. The third-order valence-electron chi connectivity index (χ3n) is 7.81. The molecule has 3 rings (SSSR count). The van der Waals surface area contributed by atoms with Gasteiger partial charge in [-0.05, 0) is 33.1 Å². The van der Waals surface area contributed by atoms with E-state index in [1.807, 2.05) is 0 Å². The molecule has 0 aromatic heterocycles. The van der Waals surface area contributed by atoms with Crippen molar-refractivity contribution in [2.45, 2.75) is 88.8 Å². The fourth-order valence-corrected chi connectivity index (χ4v) is 6.11. The summed E-state index contributed by atoms with van der Waals surface area (Å²) in [5, 5.41) is 9.85. The van der Waals surface area contributed by atoms with Crippen LogP contribution >= 0.6 is 0 Å². The Morgan fingerprint density at radius 2 is 1.68 bits per heavy atom. The molecule has 2 saturated carbocycles. The van der Waals surface area contributed by atoms with Crippen LogP contribution in [0.2, 0.25) is 0 Å². The Bertz CT molecular complexity index is 834. The molecule has 6 nitrogen and oxygen atoms in total. The number of ether oxygens (including phenoxy) is 3. The van der Waals surface area contributed by atoms with Gasteiger partial charge in [-0.3, -0.25) is 4.79 Å². The van der Waals surface area contributed by atoms with E-state index in [1.165, 1.54) is 20.8 Å². The van der Waals surface area contributed by atoms with Crippen LogP contribution in [0.3, 0.4) is 0 Å². The zero-order valence-corrected chi connectivity index (χ0v) is 19.1. The smallest absolute Gasteiger partial charge is 0.428 e. The normalized spacial score (nSPS) is 32.0. The number of esters is 2. The summed E-state index contributed by atoms with van der Waals surface area (Å²) in [6, 6.07) is 0. The van der Waals surface area contributed by atoms with Gasteiger partial charge < -0.3 is 19.3 Å². The van der Waals surface area contributed by atoms with Gasteiger partial charge in [0, 0.05) is 23.3 Å². The quantitative estimate of drug-likeness (QED) is 0.306. The minimum atomic E-state index is -6.07. The molecule has 1 aliphatic heterocycles. The Hall–Kier alpha value is -1.82. The number of carbonyl (C=O) groups excluding carboxylic acids is 2. The Balaban J connectivity index is 2.01. The summed E-state index contributed by atoms with van der Waals surface area (Å²) in [6.07, 6.45) is -16.3. The third-order valence-corrected chi connectivity index (χ3v) is 7.81. The van der Waals surface area contributed by atoms with E-state index < -0.39 is 77.5 Å². The molecule has 1 saturated heterocycles. The Kier molecular flexibility index (Phi) is 6.61. The Labute approximate surface area is 192 Å². The molecule has 1 N–H and O–H groups in total. The van der Waals surface area contributed by atoms with Gasteiger partial charge in [0.2, 0.25) is 0 Å². The minimum Gasteiger partial charge on any atom is -0.458 e. The maximum atomic E-state index is 13.5. The second-order valence-corrected chi connectivity index (χ2v) is 9.46. The van der Waals surface area contributed by atoms with Gasteiger partial charge in [-0.2, -0.15) is 26.3 Å². The molecule has 0 spiro atoms. The maximum Gasteiger partial charge on any atom is 0.428 e. The molecule has 7 atom stereocenters. The first kappa shape index (κ1) is 26.8. The van der Waals surface area contributed by atoms with Gasteiger partial charge in [0.25, 0.3) is 5.60 Å². The van der Waals surface area contributed by atoms with Crippen LogP contribution in [-0.2, 0) is 23.8 Å². The summed E-state index contributed by atoms with van der Waals surface area (Å²) >= 11 is 0. The molecule has 7 unspecified atom stereocenters. The number of carbonyl (C=O) groups is 2.